The average Bonchev–Trinajstić information content (AvgIpc) is 3.00. The minimum Gasteiger partial charge on any atom is -0.393 e. The van der Waals surface area contributed by atoms with E-state index in [0.717, 1.165) is 0 Å². The normalized spacial score (nSPS) is 40.1. The third-order valence-corrected chi connectivity index (χ3v) is 8.56. The van der Waals surface area contributed by atoms with Crippen LogP contribution in [0.25, 0.3) is 0 Å². The van der Waals surface area contributed by atoms with Crippen LogP contribution in [0.4, 0.5) is 0 Å². The summed E-state index contributed by atoms with van der Waals surface area (Å²) in [5.74, 6) is 2.00. The number of allylic oxidation sites excluding steroid dienone is 4. The molecule has 0 aromatic heterocycles. The van der Waals surface area contributed by atoms with Gasteiger partial charge in [0.05, 0.1) is 17.8 Å². The molecule has 170 valence electrons. The minimum absolute atomic E-state index is 0.152. The molecule has 0 aromatic carbocycles. The van der Waals surface area contributed by atoms with Gasteiger partial charge in [0.2, 0.25) is 0 Å². The molecule has 3 aliphatic rings. The standard InChI is InChI=1S/C27H44O3/c1-18(8-9-19(2)26(3,4)30)24-12-13-25-21(7-6-14-27(24,25)5)11-10-20-15-22(28)17-23(29)16-20/h8-11,18-19,22-25,28-30H,6-7,12-17H2,1-5H3/b9-8+,20-10?,21-11+/t18-,19?,22-,23?,24-,25+,27?/m1/s1. The van der Waals surface area contributed by atoms with E-state index in [0.29, 0.717) is 42.4 Å². The predicted octanol–water partition coefficient (Wildman–Crippen LogP) is 5.56. The van der Waals surface area contributed by atoms with E-state index in [9.17, 15) is 15.3 Å². The summed E-state index contributed by atoms with van der Waals surface area (Å²) in [7, 11) is 0. The number of hydrogen-bond donors (Lipinski definition) is 3. The number of fused-ring (bicyclic) bond motifs is 1. The highest BCUT2D eigenvalue weighted by Gasteiger charge is 2.50. The molecular formula is C27H44O3. The van der Waals surface area contributed by atoms with E-state index >= 15 is 0 Å². The maximum absolute atomic E-state index is 10.2. The first-order valence-corrected chi connectivity index (χ1v) is 12.2. The summed E-state index contributed by atoms with van der Waals surface area (Å²) in [4.78, 5) is 0. The third-order valence-electron chi connectivity index (χ3n) is 8.56. The topological polar surface area (TPSA) is 60.7 Å². The van der Waals surface area contributed by atoms with Crippen molar-refractivity contribution >= 4 is 0 Å². The van der Waals surface area contributed by atoms with Crippen LogP contribution in [0.3, 0.4) is 0 Å². The molecule has 0 aliphatic heterocycles. The Labute approximate surface area is 184 Å². The van der Waals surface area contributed by atoms with Crippen molar-refractivity contribution in [1.29, 1.82) is 0 Å². The van der Waals surface area contributed by atoms with E-state index in [4.69, 9.17) is 0 Å². The zero-order valence-electron chi connectivity index (χ0n) is 19.8. The van der Waals surface area contributed by atoms with Crippen LogP contribution in [-0.2, 0) is 0 Å². The van der Waals surface area contributed by atoms with Crippen molar-refractivity contribution in [3.05, 3.63) is 35.5 Å². The van der Waals surface area contributed by atoms with Crippen molar-refractivity contribution in [3.63, 3.8) is 0 Å². The third kappa shape index (κ3) is 5.29. The molecule has 0 heterocycles. The Balaban J connectivity index is 1.73. The summed E-state index contributed by atoms with van der Waals surface area (Å²) in [5, 5.41) is 30.2. The number of aliphatic hydroxyl groups is 3. The quantitative estimate of drug-likeness (QED) is 0.514. The van der Waals surface area contributed by atoms with Crippen molar-refractivity contribution in [2.24, 2.45) is 29.1 Å². The first-order chi connectivity index (χ1) is 14.0. The van der Waals surface area contributed by atoms with Gasteiger partial charge in [-0.25, -0.2) is 0 Å². The molecule has 0 saturated heterocycles. The van der Waals surface area contributed by atoms with Crippen molar-refractivity contribution in [3.8, 4) is 0 Å². The number of rotatable bonds is 5. The van der Waals surface area contributed by atoms with Crippen LogP contribution in [0.1, 0.15) is 86.0 Å². The molecule has 3 aliphatic carbocycles. The van der Waals surface area contributed by atoms with Crippen molar-refractivity contribution in [2.75, 3.05) is 0 Å². The molecule has 0 aromatic rings. The monoisotopic (exact) mass is 416 g/mol. The lowest BCUT2D eigenvalue weighted by molar-refractivity contribution is 0.0436. The van der Waals surface area contributed by atoms with E-state index < -0.39 is 17.8 Å². The van der Waals surface area contributed by atoms with Crippen LogP contribution in [0.2, 0.25) is 0 Å². The highest BCUT2D eigenvalue weighted by molar-refractivity contribution is 5.26. The summed E-state index contributed by atoms with van der Waals surface area (Å²) < 4.78 is 0. The average molecular weight is 417 g/mol. The van der Waals surface area contributed by atoms with Crippen LogP contribution >= 0.6 is 0 Å². The van der Waals surface area contributed by atoms with Crippen molar-refractivity contribution in [1.82, 2.24) is 0 Å². The van der Waals surface area contributed by atoms with Crippen LogP contribution in [0, 0.1) is 29.1 Å². The van der Waals surface area contributed by atoms with E-state index in [-0.39, 0.29) is 5.92 Å². The molecule has 7 atom stereocenters. The Morgan fingerprint density at radius 1 is 1.03 bits per heavy atom. The van der Waals surface area contributed by atoms with Gasteiger partial charge < -0.3 is 15.3 Å². The Bertz CT molecular complexity index is 671. The van der Waals surface area contributed by atoms with Crippen LogP contribution in [0.15, 0.2) is 35.5 Å². The Hall–Kier alpha value is -0.900. The van der Waals surface area contributed by atoms with Gasteiger partial charge >= 0.3 is 0 Å². The predicted molar refractivity (Wildman–Crippen MR) is 124 cm³/mol. The first-order valence-electron chi connectivity index (χ1n) is 12.2. The second-order valence-electron chi connectivity index (χ2n) is 11.3. The minimum atomic E-state index is -0.674. The van der Waals surface area contributed by atoms with Crippen molar-refractivity contribution in [2.45, 2.75) is 104 Å². The molecule has 3 N–H and O–H groups in total. The van der Waals surface area contributed by atoms with Gasteiger partial charge in [-0.3, -0.25) is 0 Å². The van der Waals surface area contributed by atoms with Crippen LogP contribution in [0.5, 0.6) is 0 Å². The zero-order chi connectivity index (χ0) is 22.1. The Morgan fingerprint density at radius 2 is 1.70 bits per heavy atom. The molecule has 3 unspecified atom stereocenters. The zero-order valence-corrected chi connectivity index (χ0v) is 19.8. The summed E-state index contributed by atoms with van der Waals surface area (Å²) in [5.41, 5.74) is 2.43. The summed E-state index contributed by atoms with van der Waals surface area (Å²) >= 11 is 0. The van der Waals surface area contributed by atoms with Crippen LogP contribution < -0.4 is 0 Å². The molecule has 30 heavy (non-hydrogen) atoms. The SMILES string of the molecule is CC(/C=C/[C@@H](C)[C@H]1CC[C@H]2/C(=C/C=C3CC(O)C[C@H](O)C3)CCCC12C)C(C)(C)O. The number of aliphatic hydroxyl groups excluding tert-OH is 2. The Kier molecular flexibility index (Phi) is 7.37. The lowest BCUT2D eigenvalue weighted by atomic mass is 9.61. The fraction of sp³-hybridized carbons (Fsp3) is 0.778. The molecule has 0 bridgehead atoms. The second-order valence-corrected chi connectivity index (χ2v) is 11.3. The lowest BCUT2D eigenvalue weighted by Gasteiger charge is -2.44. The fourth-order valence-electron chi connectivity index (χ4n) is 6.39. The molecule has 3 heteroatoms. The molecule has 3 rings (SSSR count). The molecule has 3 saturated carbocycles. The molecular weight excluding hydrogens is 372 g/mol. The van der Waals surface area contributed by atoms with Crippen molar-refractivity contribution < 1.29 is 15.3 Å². The molecule has 3 nitrogen and oxygen atoms in total. The fourth-order valence-corrected chi connectivity index (χ4v) is 6.39. The van der Waals surface area contributed by atoms with E-state index in [1.807, 2.05) is 13.8 Å². The van der Waals surface area contributed by atoms with Gasteiger partial charge in [-0.15, -0.1) is 0 Å². The Morgan fingerprint density at radius 3 is 2.33 bits per heavy atom. The molecule has 0 spiro atoms. The largest absolute Gasteiger partial charge is 0.393 e. The van der Waals surface area contributed by atoms with E-state index in [2.05, 4.69) is 45.1 Å². The smallest absolute Gasteiger partial charge is 0.0651 e. The van der Waals surface area contributed by atoms with Gasteiger partial charge in [0.25, 0.3) is 0 Å². The lowest BCUT2D eigenvalue weighted by Crippen LogP contribution is -2.35. The first kappa shape index (κ1) is 23.8. The van der Waals surface area contributed by atoms with Gasteiger partial charge in [-0.1, -0.05) is 56.2 Å². The molecule has 3 fully saturated rings. The molecule has 0 amide bonds. The van der Waals surface area contributed by atoms with E-state index in [1.54, 1.807) is 5.57 Å². The van der Waals surface area contributed by atoms with E-state index in [1.165, 1.54) is 37.7 Å². The number of hydrogen-bond acceptors (Lipinski definition) is 3. The van der Waals surface area contributed by atoms with Gasteiger partial charge in [0.15, 0.2) is 0 Å². The van der Waals surface area contributed by atoms with Gasteiger partial charge in [-0.2, -0.15) is 0 Å². The highest BCUT2D eigenvalue weighted by Crippen LogP contribution is 2.59. The van der Waals surface area contributed by atoms with Gasteiger partial charge in [-0.05, 0) is 88.4 Å². The van der Waals surface area contributed by atoms with Crippen LogP contribution in [-0.4, -0.2) is 33.1 Å². The van der Waals surface area contributed by atoms with Gasteiger partial charge in [0.1, 0.15) is 0 Å². The maximum atomic E-state index is 10.2. The maximum Gasteiger partial charge on any atom is 0.0651 e. The molecule has 0 radical (unpaired) electrons. The summed E-state index contributed by atoms with van der Waals surface area (Å²) in [6.07, 6.45) is 16.5. The second kappa shape index (κ2) is 9.30. The van der Waals surface area contributed by atoms with Gasteiger partial charge in [0, 0.05) is 5.92 Å². The highest BCUT2D eigenvalue weighted by atomic mass is 16.3. The summed E-state index contributed by atoms with van der Waals surface area (Å²) in [6, 6.07) is 0. The summed E-state index contributed by atoms with van der Waals surface area (Å²) in [6.45, 7) is 10.7.